The van der Waals surface area contributed by atoms with Gasteiger partial charge in [-0.2, -0.15) is 0 Å². The molecule has 1 aromatic heterocycles. The summed E-state index contributed by atoms with van der Waals surface area (Å²) in [7, 11) is -1.50. The lowest BCUT2D eigenvalue weighted by Crippen LogP contribution is -2.35. The van der Waals surface area contributed by atoms with E-state index in [1.807, 2.05) is 0 Å². The third-order valence-corrected chi connectivity index (χ3v) is 7.49. The molecule has 2 aromatic carbocycles. The molecule has 4 unspecified atom stereocenters. The average molecular weight is 413 g/mol. The molecule has 4 rings (SSSR count). The van der Waals surface area contributed by atoms with E-state index in [2.05, 4.69) is 71.9 Å². The molecule has 3 nitrogen and oxygen atoms in total. The highest BCUT2D eigenvalue weighted by molar-refractivity contribution is 7.31. The first-order chi connectivity index (χ1) is 13.8. The van der Waals surface area contributed by atoms with Crippen LogP contribution < -0.4 is 4.52 Å². The summed E-state index contributed by atoms with van der Waals surface area (Å²) in [5, 5.41) is 2.20. The van der Waals surface area contributed by atoms with Crippen LogP contribution in [0.5, 0.6) is 0 Å². The van der Waals surface area contributed by atoms with Crippen LogP contribution in [0.4, 0.5) is 0 Å². The van der Waals surface area contributed by atoms with Crippen LogP contribution in [0.15, 0.2) is 38.7 Å². The summed E-state index contributed by atoms with van der Waals surface area (Å²) in [6.45, 7) is 13.3. The molecule has 4 atom stereocenters. The van der Waals surface area contributed by atoms with Gasteiger partial charge in [0.1, 0.15) is 11.2 Å². The van der Waals surface area contributed by atoms with Crippen molar-refractivity contribution in [3.8, 4) is 0 Å². The maximum atomic E-state index is 6.61. The number of aryl methyl sites for hydroxylation is 3. The number of benzene rings is 2. The molecular weight excluding hydrogens is 379 g/mol. The van der Waals surface area contributed by atoms with E-state index in [1.165, 1.54) is 24.0 Å². The Morgan fingerprint density at radius 3 is 2.48 bits per heavy atom. The third kappa shape index (κ3) is 4.27. The maximum absolute atomic E-state index is 6.61. The van der Waals surface area contributed by atoms with Crippen LogP contribution in [0.25, 0.3) is 21.9 Å². The van der Waals surface area contributed by atoms with Crippen LogP contribution in [0.3, 0.4) is 0 Å². The van der Waals surface area contributed by atoms with Crippen LogP contribution in [0, 0.1) is 38.5 Å². The van der Waals surface area contributed by atoms with Crippen LogP contribution in [-0.4, -0.2) is 6.10 Å². The number of fused-ring (bicyclic) bond motifs is 3. The van der Waals surface area contributed by atoms with E-state index < -0.39 is 8.24 Å². The monoisotopic (exact) mass is 412 g/mol. The first kappa shape index (κ1) is 20.6. The highest BCUT2D eigenvalue weighted by Gasteiger charge is 2.33. The van der Waals surface area contributed by atoms with Gasteiger partial charge >= 0.3 is 8.24 Å². The van der Waals surface area contributed by atoms with Gasteiger partial charge < -0.3 is 8.39 Å². The van der Waals surface area contributed by atoms with Gasteiger partial charge in [-0.15, -0.1) is 0 Å². The summed E-state index contributed by atoms with van der Waals surface area (Å²) < 4.78 is 19.4. The maximum Gasteiger partial charge on any atom is 0.387 e. The second-order valence-electron chi connectivity index (χ2n) is 9.33. The highest BCUT2D eigenvalue weighted by atomic mass is 31.1. The second-order valence-corrected chi connectivity index (χ2v) is 10.4. The summed E-state index contributed by atoms with van der Waals surface area (Å²) in [6.07, 6.45) is 3.77. The molecule has 1 aliphatic rings. The molecule has 0 N–H and O–H groups in total. The fourth-order valence-corrected chi connectivity index (χ4v) is 6.07. The van der Waals surface area contributed by atoms with Crippen LogP contribution in [-0.2, 0) is 0 Å². The van der Waals surface area contributed by atoms with E-state index in [9.17, 15) is 0 Å². The van der Waals surface area contributed by atoms with Crippen molar-refractivity contribution in [2.45, 2.75) is 66.9 Å². The van der Waals surface area contributed by atoms with E-state index in [-0.39, 0.29) is 6.10 Å². The standard InChI is InChI=1S/C25H33O3P/c1-15(2)20-9-7-17(4)14-24(20)27-29-26-23-10-8-16(3)12-21(23)22-13-18(5)11-19(6)25(22)28-29/h8,10-13,15,17,20,24H,7,9,14H2,1-6H3. The quantitative estimate of drug-likeness (QED) is 0.436. The van der Waals surface area contributed by atoms with Gasteiger partial charge in [-0.3, -0.25) is 4.52 Å². The van der Waals surface area contributed by atoms with Crippen LogP contribution >= 0.6 is 8.24 Å². The zero-order valence-corrected chi connectivity index (χ0v) is 19.4. The Bertz CT molecular complexity index is 1070. The Balaban J connectivity index is 1.89. The van der Waals surface area contributed by atoms with Crippen molar-refractivity contribution >= 4 is 30.2 Å². The molecule has 1 aliphatic carbocycles. The molecule has 29 heavy (non-hydrogen) atoms. The molecule has 3 aromatic rings. The van der Waals surface area contributed by atoms with E-state index in [0.717, 1.165) is 33.9 Å². The van der Waals surface area contributed by atoms with Crippen molar-refractivity contribution in [2.24, 2.45) is 17.8 Å². The Morgan fingerprint density at radius 1 is 0.966 bits per heavy atom. The molecule has 156 valence electrons. The highest BCUT2D eigenvalue weighted by Crippen LogP contribution is 2.41. The van der Waals surface area contributed by atoms with E-state index in [0.29, 0.717) is 17.8 Å². The number of rotatable bonds is 3. The summed E-state index contributed by atoms with van der Waals surface area (Å²) in [5.41, 5.74) is 5.33. The first-order valence-electron chi connectivity index (χ1n) is 10.9. The Kier molecular flexibility index (Phi) is 5.82. The van der Waals surface area contributed by atoms with Gasteiger partial charge in [0.15, 0.2) is 0 Å². The predicted octanol–water partition coefficient (Wildman–Crippen LogP) is 8.10. The van der Waals surface area contributed by atoms with Gasteiger partial charge in [0.05, 0.1) is 6.10 Å². The van der Waals surface area contributed by atoms with Gasteiger partial charge in [0.25, 0.3) is 0 Å². The minimum atomic E-state index is -1.50. The Hall–Kier alpha value is -1.70. The predicted molar refractivity (Wildman–Crippen MR) is 122 cm³/mol. The van der Waals surface area contributed by atoms with Crippen molar-refractivity contribution in [3.63, 3.8) is 0 Å². The molecule has 0 spiro atoms. The topological polar surface area (TPSA) is 35.5 Å². The Labute approximate surface area is 175 Å². The second kappa shape index (κ2) is 8.20. The van der Waals surface area contributed by atoms with Gasteiger partial charge in [0, 0.05) is 10.8 Å². The smallest absolute Gasteiger partial charge is 0.387 e. The van der Waals surface area contributed by atoms with Crippen LogP contribution in [0.1, 0.15) is 56.7 Å². The number of hydrogen-bond donors (Lipinski definition) is 0. The number of hydrogen-bond acceptors (Lipinski definition) is 3. The van der Waals surface area contributed by atoms with Crippen molar-refractivity contribution in [3.05, 3.63) is 47.0 Å². The van der Waals surface area contributed by atoms with Crippen LogP contribution in [0.2, 0.25) is 0 Å². The fraction of sp³-hybridized carbons (Fsp3) is 0.520. The molecule has 0 amide bonds. The van der Waals surface area contributed by atoms with E-state index >= 15 is 0 Å². The van der Waals surface area contributed by atoms with Crippen molar-refractivity contribution in [2.75, 3.05) is 0 Å². The normalized spacial score (nSPS) is 23.1. The van der Waals surface area contributed by atoms with Crippen molar-refractivity contribution in [1.82, 2.24) is 0 Å². The van der Waals surface area contributed by atoms with Crippen molar-refractivity contribution < 1.29 is 12.9 Å². The lowest BCUT2D eigenvalue weighted by Gasteiger charge is -2.35. The lowest BCUT2D eigenvalue weighted by molar-refractivity contribution is 0.0746. The molecule has 1 heterocycles. The minimum absolute atomic E-state index is 0.186. The molecule has 1 fully saturated rings. The molecule has 0 radical (unpaired) electrons. The van der Waals surface area contributed by atoms with Gasteiger partial charge in [-0.1, -0.05) is 44.9 Å². The average Bonchev–Trinajstić information content (AvgIpc) is 2.79. The molecule has 0 bridgehead atoms. The minimum Gasteiger partial charge on any atom is -0.399 e. The molecular formula is C25H33O3P. The third-order valence-electron chi connectivity index (χ3n) is 6.37. The largest absolute Gasteiger partial charge is 0.399 e. The van der Waals surface area contributed by atoms with Gasteiger partial charge in [0.2, 0.25) is 0 Å². The molecule has 4 heteroatoms. The Morgan fingerprint density at radius 2 is 1.72 bits per heavy atom. The lowest BCUT2D eigenvalue weighted by atomic mass is 9.75. The fourth-order valence-electron chi connectivity index (χ4n) is 4.77. The van der Waals surface area contributed by atoms with E-state index in [4.69, 9.17) is 12.9 Å². The molecule has 0 saturated heterocycles. The zero-order chi connectivity index (χ0) is 20.7. The first-order valence-corrected chi connectivity index (χ1v) is 12.0. The molecule has 1 saturated carbocycles. The summed E-state index contributed by atoms with van der Waals surface area (Å²) in [5.74, 6) is 1.84. The summed E-state index contributed by atoms with van der Waals surface area (Å²) in [4.78, 5) is 0. The zero-order valence-electron chi connectivity index (χ0n) is 18.5. The molecule has 0 aliphatic heterocycles. The summed E-state index contributed by atoms with van der Waals surface area (Å²) in [6, 6.07) is 10.7. The van der Waals surface area contributed by atoms with Gasteiger partial charge in [-0.25, -0.2) is 0 Å². The van der Waals surface area contributed by atoms with Gasteiger partial charge in [-0.05, 0) is 80.7 Å². The van der Waals surface area contributed by atoms with E-state index in [1.54, 1.807) is 0 Å². The van der Waals surface area contributed by atoms with Crippen molar-refractivity contribution in [1.29, 1.82) is 0 Å². The SMILES string of the molecule is Cc1ccc2op(OC3CC(C)CCC3C(C)C)oc3c(C)cc(C)cc3c2c1. The summed E-state index contributed by atoms with van der Waals surface area (Å²) >= 11 is 0.